The Morgan fingerprint density at radius 3 is 2.38 bits per heavy atom. The second-order valence-corrected chi connectivity index (χ2v) is 6.70. The zero-order chi connectivity index (χ0) is 17.9. The summed E-state index contributed by atoms with van der Waals surface area (Å²) in [7, 11) is 4.07. The van der Waals surface area contributed by atoms with E-state index < -0.39 is 0 Å². The zero-order valence-electron chi connectivity index (χ0n) is 15.2. The van der Waals surface area contributed by atoms with Crippen LogP contribution in [0.1, 0.15) is 0 Å². The van der Waals surface area contributed by atoms with Gasteiger partial charge < -0.3 is 10.2 Å². The summed E-state index contributed by atoms with van der Waals surface area (Å²) in [5, 5.41) is 6.37. The normalized spacial score (nSPS) is 15.9. The molecular weight excluding hydrogens is 324 g/mol. The number of fused-ring (bicyclic) bond motifs is 1. The first-order valence-corrected chi connectivity index (χ1v) is 8.96. The van der Waals surface area contributed by atoms with Gasteiger partial charge in [-0.1, -0.05) is 18.2 Å². The highest BCUT2D eigenvalue weighted by molar-refractivity contribution is 5.84. The molecular formula is C20H24N6. The van der Waals surface area contributed by atoms with Crippen LogP contribution in [-0.2, 0) is 0 Å². The average molecular weight is 348 g/mol. The molecule has 0 atom stereocenters. The second kappa shape index (κ2) is 7.27. The Kier molecular flexibility index (Phi) is 4.69. The standard InChI is InChI=1S/C20H24N6/c1-21-18-6-3-15(4-7-18)16-5-8-19-17(13-16)14-22-20(23-19)24-26-11-9-25(2)10-12-26/h3-8,13-14,21H,9-12H2,1-2H3,(H,22,23,24). The smallest absolute Gasteiger partial charge is 0.238 e. The van der Waals surface area contributed by atoms with E-state index >= 15 is 0 Å². The molecule has 0 aliphatic carbocycles. The maximum Gasteiger partial charge on any atom is 0.238 e. The Bertz CT molecular complexity index is 884. The molecule has 134 valence electrons. The van der Waals surface area contributed by atoms with Gasteiger partial charge in [0.25, 0.3) is 0 Å². The van der Waals surface area contributed by atoms with Crippen molar-refractivity contribution in [2.75, 3.05) is 51.0 Å². The number of nitrogens with one attached hydrogen (secondary N) is 2. The highest BCUT2D eigenvalue weighted by atomic mass is 15.5. The highest BCUT2D eigenvalue weighted by Gasteiger charge is 2.14. The van der Waals surface area contributed by atoms with Crippen LogP contribution in [0, 0.1) is 0 Å². The molecule has 1 saturated heterocycles. The lowest BCUT2D eigenvalue weighted by Gasteiger charge is -2.32. The lowest BCUT2D eigenvalue weighted by Crippen LogP contribution is -2.47. The van der Waals surface area contributed by atoms with Crippen LogP contribution in [0.25, 0.3) is 22.0 Å². The van der Waals surface area contributed by atoms with Gasteiger partial charge in [-0.15, -0.1) is 0 Å². The Balaban J connectivity index is 1.54. The minimum absolute atomic E-state index is 0.660. The predicted octanol–water partition coefficient (Wildman–Crippen LogP) is 2.91. The van der Waals surface area contributed by atoms with Crippen molar-refractivity contribution < 1.29 is 0 Å². The lowest BCUT2D eigenvalue weighted by molar-refractivity contribution is 0.178. The van der Waals surface area contributed by atoms with E-state index in [1.807, 2.05) is 13.2 Å². The first kappa shape index (κ1) is 16.8. The lowest BCUT2D eigenvalue weighted by atomic mass is 10.0. The molecule has 1 fully saturated rings. The molecule has 1 aliphatic heterocycles. The van der Waals surface area contributed by atoms with E-state index in [1.165, 1.54) is 11.1 Å². The molecule has 2 aromatic carbocycles. The molecule has 3 aromatic rings. The number of hydrogen-bond donors (Lipinski definition) is 2. The van der Waals surface area contributed by atoms with Crippen LogP contribution in [0.5, 0.6) is 0 Å². The van der Waals surface area contributed by atoms with Crippen molar-refractivity contribution in [1.29, 1.82) is 0 Å². The van der Waals surface area contributed by atoms with Gasteiger partial charge in [0.05, 0.1) is 5.52 Å². The first-order chi connectivity index (χ1) is 12.7. The van der Waals surface area contributed by atoms with Crippen molar-refractivity contribution in [3.8, 4) is 11.1 Å². The molecule has 0 spiro atoms. The van der Waals surface area contributed by atoms with Gasteiger partial charge in [-0.3, -0.25) is 5.43 Å². The van der Waals surface area contributed by atoms with E-state index in [1.54, 1.807) is 0 Å². The number of hydrazine groups is 1. The van der Waals surface area contributed by atoms with Crippen molar-refractivity contribution in [1.82, 2.24) is 19.9 Å². The summed E-state index contributed by atoms with van der Waals surface area (Å²) >= 11 is 0. The molecule has 0 bridgehead atoms. The molecule has 2 N–H and O–H groups in total. The second-order valence-electron chi connectivity index (χ2n) is 6.70. The van der Waals surface area contributed by atoms with E-state index in [4.69, 9.17) is 0 Å². The molecule has 1 aromatic heterocycles. The largest absolute Gasteiger partial charge is 0.388 e. The Labute approximate surface area is 153 Å². The molecule has 26 heavy (non-hydrogen) atoms. The summed E-state index contributed by atoms with van der Waals surface area (Å²) in [5.74, 6) is 0.660. The third-order valence-corrected chi connectivity index (χ3v) is 4.85. The molecule has 0 radical (unpaired) electrons. The number of aromatic nitrogens is 2. The number of nitrogens with zero attached hydrogens (tertiary/aromatic N) is 4. The van der Waals surface area contributed by atoms with Gasteiger partial charge in [0.15, 0.2) is 0 Å². The highest BCUT2D eigenvalue weighted by Crippen LogP contribution is 2.25. The van der Waals surface area contributed by atoms with E-state index in [-0.39, 0.29) is 0 Å². The third kappa shape index (κ3) is 3.61. The summed E-state index contributed by atoms with van der Waals surface area (Å²) in [4.78, 5) is 11.5. The molecule has 6 heteroatoms. The van der Waals surface area contributed by atoms with Crippen molar-refractivity contribution in [3.05, 3.63) is 48.7 Å². The number of likely N-dealkylation sites (N-methyl/N-ethyl adjacent to an activating group) is 1. The van der Waals surface area contributed by atoms with Crippen LogP contribution in [0.4, 0.5) is 11.6 Å². The fourth-order valence-corrected chi connectivity index (χ4v) is 3.16. The number of rotatable bonds is 4. The summed E-state index contributed by atoms with van der Waals surface area (Å²) in [6.07, 6.45) is 1.90. The molecule has 2 heterocycles. The summed E-state index contributed by atoms with van der Waals surface area (Å²) < 4.78 is 0. The van der Waals surface area contributed by atoms with Gasteiger partial charge in [0, 0.05) is 50.5 Å². The summed E-state index contributed by atoms with van der Waals surface area (Å²) in [6.45, 7) is 4.05. The van der Waals surface area contributed by atoms with Gasteiger partial charge in [-0.05, 0) is 42.4 Å². The van der Waals surface area contributed by atoms with Crippen LogP contribution < -0.4 is 10.7 Å². The minimum atomic E-state index is 0.660. The number of anilines is 2. The number of piperazine rings is 1. The van der Waals surface area contributed by atoms with Crippen molar-refractivity contribution in [3.63, 3.8) is 0 Å². The fourth-order valence-electron chi connectivity index (χ4n) is 3.16. The minimum Gasteiger partial charge on any atom is -0.388 e. The van der Waals surface area contributed by atoms with Gasteiger partial charge in [-0.25, -0.2) is 15.0 Å². The molecule has 0 amide bonds. The zero-order valence-corrected chi connectivity index (χ0v) is 15.2. The van der Waals surface area contributed by atoms with Gasteiger partial charge >= 0.3 is 0 Å². The predicted molar refractivity (Wildman–Crippen MR) is 107 cm³/mol. The third-order valence-electron chi connectivity index (χ3n) is 4.85. The van der Waals surface area contributed by atoms with Crippen molar-refractivity contribution in [2.45, 2.75) is 0 Å². The SMILES string of the molecule is CNc1ccc(-c2ccc3nc(NN4CCN(C)CC4)ncc3c2)cc1. The van der Waals surface area contributed by atoms with Crippen molar-refractivity contribution in [2.24, 2.45) is 0 Å². The van der Waals surface area contributed by atoms with Crippen LogP contribution in [0.3, 0.4) is 0 Å². The van der Waals surface area contributed by atoms with E-state index in [0.717, 1.165) is 42.8 Å². The maximum absolute atomic E-state index is 4.66. The summed E-state index contributed by atoms with van der Waals surface area (Å²) in [5.41, 5.74) is 7.75. The Morgan fingerprint density at radius 1 is 0.923 bits per heavy atom. The Hall–Kier alpha value is -2.70. The Morgan fingerprint density at radius 2 is 1.65 bits per heavy atom. The molecule has 0 saturated carbocycles. The topological polar surface area (TPSA) is 56.3 Å². The molecule has 6 nitrogen and oxygen atoms in total. The molecule has 4 rings (SSSR count). The van der Waals surface area contributed by atoms with Crippen LogP contribution in [0.15, 0.2) is 48.7 Å². The molecule has 1 aliphatic rings. The van der Waals surface area contributed by atoms with E-state index in [9.17, 15) is 0 Å². The molecule has 0 unspecified atom stereocenters. The average Bonchev–Trinajstić information content (AvgIpc) is 2.69. The van der Waals surface area contributed by atoms with Crippen LogP contribution in [0.2, 0.25) is 0 Å². The van der Waals surface area contributed by atoms with E-state index in [2.05, 4.69) is 80.1 Å². The quantitative estimate of drug-likeness (QED) is 0.756. The number of hydrogen-bond acceptors (Lipinski definition) is 6. The number of benzene rings is 2. The van der Waals surface area contributed by atoms with E-state index in [0.29, 0.717) is 5.95 Å². The van der Waals surface area contributed by atoms with Crippen LogP contribution >= 0.6 is 0 Å². The summed E-state index contributed by atoms with van der Waals surface area (Å²) in [6, 6.07) is 14.7. The van der Waals surface area contributed by atoms with Crippen LogP contribution in [-0.4, -0.2) is 60.2 Å². The monoisotopic (exact) mass is 348 g/mol. The fraction of sp³-hybridized carbons (Fsp3) is 0.300. The van der Waals surface area contributed by atoms with Gasteiger partial charge in [0.1, 0.15) is 0 Å². The first-order valence-electron chi connectivity index (χ1n) is 8.96. The van der Waals surface area contributed by atoms with Crippen molar-refractivity contribution >= 4 is 22.5 Å². The van der Waals surface area contributed by atoms with Gasteiger partial charge in [0.2, 0.25) is 5.95 Å². The maximum atomic E-state index is 4.66. The van der Waals surface area contributed by atoms with Gasteiger partial charge in [-0.2, -0.15) is 0 Å².